The number of hydrogen-bond donors (Lipinski definition) is 0. The fourth-order valence-electron chi connectivity index (χ4n) is 2.02. The van der Waals surface area contributed by atoms with E-state index in [4.69, 9.17) is 32.7 Å². The van der Waals surface area contributed by atoms with Crippen molar-refractivity contribution in [3.05, 3.63) is 0 Å². The van der Waals surface area contributed by atoms with Crippen molar-refractivity contribution in [1.82, 2.24) is 0 Å². The molecule has 1 atom stereocenters. The monoisotopic (exact) mass is 340 g/mol. The minimum Gasteiger partial charge on any atom is -0.465 e. The Morgan fingerprint density at radius 2 is 1.48 bits per heavy atom. The molecule has 6 heteroatoms. The lowest BCUT2D eigenvalue weighted by Crippen LogP contribution is -2.18. The van der Waals surface area contributed by atoms with E-state index in [1.165, 1.54) is 0 Å². The first-order chi connectivity index (χ1) is 9.60. The molecule has 0 aliphatic carbocycles. The maximum Gasteiger partial charge on any atom is 0.305 e. The van der Waals surface area contributed by atoms with Gasteiger partial charge in [0.05, 0.1) is 6.61 Å². The molecule has 0 aromatic carbocycles. The molecule has 0 saturated heterocycles. The van der Waals surface area contributed by atoms with Crippen molar-refractivity contribution in [3.63, 3.8) is 0 Å². The van der Waals surface area contributed by atoms with E-state index in [0.717, 1.165) is 6.42 Å². The van der Waals surface area contributed by atoms with Gasteiger partial charge in [-0.25, -0.2) is 0 Å². The smallest absolute Gasteiger partial charge is 0.305 e. The molecule has 0 radical (unpaired) electrons. The zero-order chi connectivity index (χ0) is 16.5. The Morgan fingerprint density at radius 3 is 1.90 bits per heavy atom. The minimum atomic E-state index is -0.719. The van der Waals surface area contributed by atoms with Gasteiger partial charge >= 0.3 is 11.9 Å². The normalized spacial score (nSPS) is 13.1. The average molecular weight is 341 g/mol. The quantitative estimate of drug-likeness (QED) is 0.468. The van der Waals surface area contributed by atoms with Gasteiger partial charge in [0.2, 0.25) is 0 Å². The van der Waals surface area contributed by atoms with Crippen molar-refractivity contribution in [1.29, 1.82) is 0 Å². The van der Waals surface area contributed by atoms with E-state index in [2.05, 4.69) is 27.7 Å². The summed E-state index contributed by atoms with van der Waals surface area (Å²) in [5.74, 6) is -0.366. The predicted octanol–water partition coefficient (Wildman–Crippen LogP) is 4.12. The van der Waals surface area contributed by atoms with E-state index in [9.17, 15) is 9.59 Å². The molecule has 0 aromatic heterocycles. The van der Waals surface area contributed by atoms with Gasteiger partial charge in [-0.2, -0.15) is 0 Å². The van der Waals surface area contributed by atoms with Crippen LogP contribution in [-0.4, -0.2) is 30.0 Å². The topological polar surface area (TPSA) is 52.6 Å². The largest absolute Gasteiger partial charge is 0.465 e. The molecular formula is C15H26Cl2O4. The van der Waals surface area contributed by atoms with E-state index in [1.807, 2.05) is 0 Å². The number of halogens is 2. The highest BCUT2D eigenvalue weighted by atomic mass is 35.5. The van der Waals surface area contributed by atoms with Crippen LogP contribution in [0.1, 0.15) is 53.4 Å². The van der Waals surface area contributed by atoms with Gasteiger partial charge in [0.25, 0.3) is 0 Å². The van der Waals surface area contributed by atoms with E-state index < -0.39 is 10.8 Å². The van der Waals surface area contributed by atoms with E-state index >= 15 is 0 Å². The zero-order valence-corrected chi connectivity index (χ0v) is 14.8. The van der Waals surface area contributed by atoms with Gasteiger partial charge in [0.1, 0.15) is 11.4 Å². The van der Waals surface area contributed by atoms with Gasteiger partial charge in [-0.1, -0.05) is 27.7 Å². The van der Waals surface area contributed by atoms with Crippen molar-refractivity contribution in [2.75, 3.05) is 13.2 Å². The van der Waals surface area contributed by atoms with Crippen molar-refractivity contribution in [2.45, 2.75) is 58.2 Å². The minimum absolute atomic E-state index is 0.0310. The van der Waals surface area contributed by atoms with Gasteiger partial charge in [0.15, 0.2) is 0 Å². The number of alkyl halides is 2. The molecule has 0 rings (SSSR count). The van der Waals surface area contributed by atoms with Crippen LogP contribution in [0, 0.1) is 11.3 Å². The lowest BCUT2D eigenvalue weighted by Gasteiger charge is -2.22. The second kappa shape index (κ2) is 10.3. The molecule has 0 aliphatic heterocycles. The maximum absolute atomic E-state index is 11.5. The van der Waals surface area contributed by atoms with Crippen LogP contribution in [-0.2, 0) is 19.1 Å². The highest BCUT2D eigenvalue weighted by molar-refractivity contribution is 6.44. The number of hydrogen-bond acceptors (Lipinski definition) is 4. The fourth-order valence-corrected chi connectivity index (χ4v) is 2.14. The Morgan fingerprint density at radius 1 is 1.00 bits per heavy atom. The summed E-state index contributed by atoms with van der Waals surface area (Å²) in [4.78, 5) is 22.1. The van der Waals surface area contributed by atoms with E-state index in [0.29, 0.717) is 18.9 Å². The summed E-state index contributed by atoms with van der Waals surface area (Å²) in [5, 5.41) is 0. The lowest BCUT2D eigenvalue weighted by atomic mass is 9.86. The third kappa shape index (κ3) is 14.2. The SMILES string of the molecule is CC(COC(=O)CCCC(=O)OCC(Cl)Cl)CC(C)(C)C. The number of esters is 2. The van der Waals surface area contributed by atoms with Crippen LogP contribution in [0.5, 0.6) is 0 Å². The molecule has 0 saturated carbocycles. The maximum atomic E-state index is 11.5. The second-order valence-corrected chi connectivity index (χ2v) is 7.76. The average Bonchev–Trinajstić information content (AvgIpc) is 2.32. The van der Waals surface area contributed by atoms with E-state index in [-0.39, 0.29) is 30.8 Å². The molecule has 0 fully saturated rings. The molecule has 1 unspecified atom stereocenters. The van der Waals surface area contributed by atoms with Crippen molar-refractivity contribution in [3.8, 4) is 0 Å². The molecule has 4 nitrogen and oxygen atoms in total. The molecular weight excluding hydrogens is 315 g/mol. The van der Waals surface area contributed by atoms with Crippen molar-refractivity contribution < 1.29 is 19.1 Å². The molecule has 0 N–H and O–H groups in total. The van der Waals surface area contributed by atoms with E-state index in [1.54, 1.807) is 0 Å². The number of carbonyl (C=O) groups excluding carboxylic acids is 2. The van der Waals surface area contributed by atoms with Gasteiger partial charge in [-0.3, -0.25) is 9.59 Å². The van der Waals surface area contributed by atoms with Crippen LogP contribution < -0.4 is 0 Å². The van der Waals surface area contributed by atoms with Gasteiger partial charge in [0, 0.05) is 12.8 Å². The fraction of sp³-hybridized carbons (Fsp3) is 0.867. The first-order valence-electron chi connectivity index (χ1n) is 7.19. The summed E-state index contributed by atoms with van der Waals surface area (Å²) in [6, 6.07) is 0. The third-order valence-corrected chi connectivity index (χ3v) is 2.87. The molecule has 0 bridgehead atoms. The van der Waals surface area contributed by atoms with Crippen LogP contribution in [0.2, 0.25) is 0 Å². The Hall–Kier alpha value is -0.480. The number of ether oxygens (including phenoxy) is 2. The zero-order valence-electron chi connectivity index (χ0n) is 13.3. The Kier molecular flexibility index (Phi) is 10.0. The molecule has 0 aliphatic rings. The van der Waals surface area contributed by atoms with Crippen LogP contribution in [0.25, 0.3) is 0 Å². The van der Waals surface area contributed by atoms with Crippen LogP contribution >= 0.6 is 23.2 Å². The Balaban J connectivity index is 3.69. The van der Waals surface area contributed by atoms with Crippen molar-refractivity contribution >= 4 is 35.1 Å². The van der Waals surface area contributed by atoms with Gasteiger partial charge in [-0.15, -0.1) is 23.2 Å². The molecule has 0 heterocycles. The van der Waals surface area contributed by atoms with Crippen molar-refractivity contribution in [2.24, 2.45) is 11.3 Å². The first-order valence-corrected chi connectivity index (χ1v) is 8.07. The molecule has 21 heavy (non-hydrogen) atoms. The summed E-state index contributed by atoms with van der Waals surface area (Å²) in [5.41, 5.74) is 0.221. The first kappa shape index (κ1) is 20.5. The standard InChI is InChI=1S/C15H26Cl2O4/c1-11(8-15(2,3)4)9-20-13(18)6-5-7-14(19)21-10-12(16)17/h11-12H,5-10H2,1-4H3. The third-order valence-electron chi connectivity index (χ3n) is 2.62. The van der Waals surface area contributed by atoms with Crippen LogP contribution in [0.3, 0.4) is 0 Å². The molecule has 0 aromatic rings. The predicted molar refractivity (Wildman–Crippen MR) is 84.5 cm³/mol. The Labute approximate surface area is 137 Å². The molecule has 0 amide bonds. The molecule has 0 spiro atoms. The summed E-state index contributed by atoms with van der Waals surface area (Å²) in [7, 11) is 0. The molecule has 124 valence electrons. The van der Waals surface area contributed by atoms with Crippen LogP contribution in [0.15, 0.2) is 0 Å². The Bertz CT molecular complexity index is 324. The van der Waals surface area contributed by atoms with Gasteiger partial charge < -0.3 is 9.47 Å². The highest BCUT2D eigenvalue weighted by Crippen LogP contribution is 2.24. The lowest BCUT2D eigenvalue weighted by molar-refractivity contribution is -0.146. The number of rotatable bonds is 9. The summed E-state index contributed by atoms with van der Waals surface area (Å²) in [6.45, 7) is 8.91. The number of carbonyl (C=O) groups is 2. The van der Waals surface area contributed by atoms with Crippen LogP contribution in [0.4, 0.5) is 0 Å². The summed E-state index contributed by atoms with van der Waals surface area (Å²) in [6.07, 6.45) is 1.76. The second-order valence-electron chi connectivity index (χ2n) is 6.48. The highest BCUT2D eigenvalue weighted by Gasteiger charge is 2.16. The van der Waals surface area contributed by atoms with Gasteiger partial charge in [-0.05, 0) is 24.2 Å². The summed E-state index contributed by atoms with van der Waals surface area (Å²) >= 11 is 10.9. The summed E-state index contributed by atoms with van der Waals surface area (Å²) < 4.78 is 9.98.